The van der Waals surface area contributed by atoms with Crippen molar-refractivity contribution < 1.29 is 22.7 Å². The third-order valence-corrected chi connectivity index (χ3v) is 6.04. The normalized spacial score (nSPS) is 14.9. The summed E-state index contributed by atoms with van der Waals surface area (Å²) < 4.78 is 47.8. The van der Waals surface area contributed by atoms with Gasteiger partial charge in [0, 0.05) is 38.6 Å². The van der Waals surface area contributed by atoms with E-state index in [0.717, 1.165) is 25.8 Å². The third-order valence-electron chi connectivity index (χ3n) is 6.04. The Labute approximate surface area is 209 Å². The van der Waals surface area contributed by atoms with Crippen molar-refractivity contribution >= 4 is 23.4 Å². The molecule has 1 saturated heterocycles. The summed E-state index contributed by atoms with van der Waals surface area (Å²) in [5.74, 6) is -0.279. The Kier molecular flexibility index (Phi) is 9.88. The van der Waals surface area contributed by atoms with E-state index in [9.17, 15) is 18.0 Å². The van der Waals surface area contributed by atoms with Gasteiger partial charge in [-0.05, 0) is 26.4 Å². The highest BCUT2D eigenvalue weighted by Gasteiger charge is 2.35. The molecule has 10 nitrogen and oxygen atoms in total. The highest BCUT2D eigenvalue weighted by atomic mass is 19.4. The van der Waals surface area contributed by atoms with Crippen LogP contribution >= 0.6 is 0 Å². The van der Waals surface area contributed by atoms with Crippen molar-refractivity contribution in [1.29, 1.82) is 0 Å². The maximum Gasteiger partial charge on any atom is 0.421 e. The van der Waals surface area contributed by atoms with Gasteiger partial charge in [-0.15, -0.1) is 0 Å². The Hall–Kier alpha value is -2.93. The molecule has 0 atom stereocenters. The number of alkyl halides is 3. The number of likely N-dealkylation sites (N-methyl/N-ethyl adjacent to an activating group) is 1. The highest BCUT2D eigenvalue weighted by molar-refractivity contribution is 5.76. The topological polar surface area (TPSA) is 100 Å². The van der Waals surface area contributed by atoms with Crippen LogP contribution in [0.15, 0.2) is 12.4 Å². The molecule has 2 aromatic heterocycles. The van der Waals surface area contributed by atoms with Gasteiger partial charge in [0.2, 0.25) is 11.9 Å². The number of amides is 1. The molecule has 0 aromatic carbocycles. The van der Waals surface area contributed by atoms with Gasteiger partial charge in [0.15, 0.2) is 0 Å². The van der Waals surface area contributed by atoms with Crippen LogP contribution in [0.2, 0.25) is 0 Å². The summed E-state index contributed by atoms with van der Waals surface area (Å²) in [5.41, 5.74) is 0.375. The number of rotatable bonds is 12. The Morgan fingerprint density at radius 1 is 1.19 bits per heavy atom. The molecule has 3 rings (SSSR count). The average Bonchev–Trinajstić information content (AvgIpc) is 3.04. The molecule has 0 aliphatic carbocycles. The van der Waals surface area contributed by atoms with Gasteiger partial charge in [0.25, 0.3) is 0 Å². The molecule has 1 fully saturated rings. The first-order valence-corrected chi connectivity index (χ1v) is 12.3. The smallest absolute Gasteiger partial charge is 0.379 e. The second kappa shape index (κ2) is 12.9. The lowest BCUT2D eigenvalue weighted by Gasteiger charge is -2.20. The number of ether oxygens (including phenoxy) is 1. The largest absolute Gasteiger partial charge is 0.421 e. The summed E-state index contributed by atoms with van der Waals surface area (Å²) in [6.07, 6.45) is -1.25. The van der Waals surface area contributed by atoms with Crippen molar-refractivity contribution in [3.63, 3.8) is 0 Å². The van der Waals surface area contributed by atoms with Gasteiger partial charge in [-0.25, -0.2) is 4.98 Å². The second-order valence-electron chi connectivity index (χ2n) is 8.52. The summed E-state index contributed by atoms with van der Waals surface area (Å²) in [7, 11) is 0. The number of hydrogen-bond acceptors (Lipinski definition) is 8. The first-order chi connectivity index (χ1) is 17.2. The van der Waals surface area contributed by atoms with Gasteiger partial charge < -0.3 is 25.2 Å². The van der Waals surface area contributed by atoms with Gasteiger partial charge in [0.1, 0.15) is 11.4 Å². The summed E-state index contributed by atoms with van der Waals surface area (Å²) in [4.78, 5) is 24.0. The summed E-state index contributed by atoms with van der Waals surface area (Å²) in [5, 5.41) is 10.2. The van der Waals surface area contributed by atoms with E-state index in [4.69, 9.17) is 4.74 Å². The van der Waals surface area contributed by atoms with Crippen molar-refractivity contribution in [3.05, 3.63) is 23.7 Å². The Morgan fingerprint density at radius 3 is 2.69 bits per heavy atom. The molecule has 0 bridgehead atoms. The molecule has 36 heavy (non-hydrogen) atoms. The predicted octanol–water partition coefficient (Wildman–Crippen LogP) is 3.14. The molecule has 1 amide bonds. The van der Waals surface area contributed by atoms with Crippen LogP contribution in [0.1, 0.15) is 37.9 Å². The molecule has 2 N–H and O–H groups in total. The van der Waals surface area contributed by atoms with Crippen molar-refractivity contribution in [3.8, 4) is 0 Å². The van der Waals surface area contributed by atoms with Crippen LogP contribution in [0, 0.1) is 6.92 Å². The van der Waals surface area contributed by atoms with Crippen LogP contribution in [0.3, 0.4) is 0 Å². The van der Waals surface area contributed by atoms with E-state index in [2.05, 4.69) is 44.4 Å². The average molecular weight is 513 g/mol. The predicted molar refractivity (Wildman–Crippen MR) is 130 cm³/mol. The number of nitrogens with one attached hydrogen (secondary N) is 2. The van der Waals surface area contributed by atoms with Crippen LogP contribution in [-0.2, 0) is 22.3 Å². The highest BCUT2D eigenvalue weighted by Crippen LogP contribution is 2.34. The summed E-state index contributed by atoms with van der Waals surface area (Å²) >= 11 is 0. The summed E-state index contributed by atoms with van der Waals surface area (Å²) in [6.45, 7) is 11.4. The molecular formula is C23H35F3N8O2. The molecule has 0 spiro atoms. The van der Waals surface area contributed by atoms with E-state index in [-0.39, 0.29) is 24.2 Å². The number of nitrogens with zero attached hydrogens (tertiary/aromatic N) is 6. The van der Waals surface area contributed by atoms with Crippen LogP contribution in [0.25, 0.3) is 0 Å². The number of aryl methyl sites for hydroxylation is 1. The zero-order valence-corrected chi connectivity index (χ0v) is 21.1. The maximum absolute atomic E-state index is 13.6. The lowest BCUT2D eigenvalue weighted by Crippen LogP contribution is -2.33. The van der Waals surface area contributed by atoms with Crippen LogP contribution in [0.5, 0.6) is 0 Å². The lowest BCUT2D eigenvalue weighted by atomic mass is 10.3. The van der Waals surface area contributed by atoms with Crippen molar-refractivity contribution in [2.45, 2.75) is 46.3 Å². The molecule has 13 heteroatoms. The first kappa shape index (κ1) is 27.7. The molecule has 200 valence electrons. The number of carbonyl (C=O) groups excluding carboxylic acids is 1. The van der Waals surface area contributed by atoms with Crippen molar-refractivity contribution in [1.82, 2.24) is 29.5 Å². The van der Waals surface area contributed by atoms with Gasteiger partial charge in [-0.3, -0.25) is 9.48 Å². The molecule has 0 radical (unpaired) electrons. The minimum absolute atomic E-state index is 0.00924. The number of hydrogen-bond donors (Lipinski definition) is 2. The van der Waals surface area contributed by atoms with Crippen LogP contribution < -0.4 is 10.6 Å². The van der Waals surface area contributed by atoms with Crippen LogP contribution in [0.4, 0.5) is 30.6 Å². The number of anilines is 3. The molecule has 0 unspecified atom stereocenters. The molecule has 2 aromatic rings. The van der Waals surface area contributed by atoms with Gasteiger partial charge >= 0.3 is 6.18 Å². The quantitative estimate of drug-likeness (QED) is 0.419. The molecule has 1 aliphatic heterocycles. The Bertz CT molecular complexity index is 994. The standard InChI is InChI=1S/C23H35F3N8O2/c1-4-32(5-2)10-11-34-16-19(17(3)31-34)29-22-28-15-18(23(24,25)26)21(30-22)27-8-6-9-33-12-14-36-13-7-20(33)35/h15-16H,4-14H2,1-3H3,(H2,27,28,29,30). The number of aromatic nitrogens is 4. The SMILES string of the molecule is CCN(CC)CCn1cc(Nc2ncc(C(F)(F)F)c(NCCCN3CCOCCC3=O)n2)c(C)n1. The lowest BCUT2D eigenvalue weighted by molar-refractivity contribution is -0.137. The Balaban J connectivity index is 1.65. The van der Waals surface area contributed by atoms with Gasteiger partial charge in [-0.2, -0.15) is 23.3 Å². The van der Waals surface area contributed by atoms with Crippen molar-refractivity contribution in [2.75, 3.05) is 63.1 Å². The Morgan fingerprint density at radius 2 is 1.97 bits per heavy atom. The zero-order chi connectivity index (χ0) is 26.1. The fourth-order valence-electron chi connectivity index (χ4n) is 3.88. The fourth-order valence-corrected chi connectivity index (χ4v) is 3.88. The minimum atomic E-state index is -4.61. The number of carbonyl (C=O) groups is 1. The van der Waals surface area contributed by atoms with E-state index in [1.807, 2.05) is 6.92 Å². The van der Waals surface area contributed by atoms with Crippen molar-refractivity contribution in [2.24, 2.45) is 0 Å². The summed E-state index contributed by atoms with van der Waals surface area (Å²) in [6, 6.07) is 0. The number of halogens is 3. The fraction of sp³-hybridized carbons (Fsp3) is 0.652. The van der Waals surface area contributed by atoms with E-state index in [0.29, 0.717) is 57.1 Å². The maximum atomic E-state index is 13.6. The third kappa shape index (κ3) is 7.79. The zero-order valence-electron chi connectivity index (χ0n) is 21.1. The second-order valence-corrected chi connectivity index (χ2v) is 8.52. The van der Waals surface area contributed by atoms with E-state index in [1.165, 1.54) is 0 Å². The van der Waals surface area contributed by atoms with Gasteiger partial charge in [0.05, 0.1) is 37.6 Å². The molecule has 3 heterocycles. The monoisotopic (exact) mass is 512 g/mol. The van der Waals surface area contributed by atoms with Gasteiger partial charge in [-0.1, -0.05) is 13.8 Å². The molecule has 0 saturated carbocycles. The van der Waals surface area contributed by atoms with Crippen LogP contribution in [-0.4, -0.2) is 87.9 Å². The minimum Gasteiger partial charge on any atom is -0.379 e. The van der Waals surface area contributed by atoms with E-state index < -0.39 is 11.7 Å². The first-order valence-electron chi connectivity index (χ1n) is 12.3. The van der Waals surface area contributed by atoms with E-state index >= 15 is 0 Å². The van der Waals surface area contributed by atoms with E-state index in [1.54, 1.807) is 15.8 Å². The molecular weight excluding hydrogens is 477 g/mol. The molecule has 1 aliphatic rings.